The summed E-state index contributed by atoms with van der Waals surface area (Å²) in [6.07, 6.45) is 5.12. The molecule has 4 nitrogen and oxygen atoms in total. The monoisotopic (exact) mass is 348 g/mol. The lowest BCUT2D eigenvalue weighted by Gasteiger charge is -2.20. The minimum Gasteiger partial charge on any atom is -0.481 e. The Labute approximate surface area is 154 Å². The maximum Gasteiger partial charge on any atom is 0.265 e. The van der Waals surface area contributed by atoms with Crippen molar-refractivity contribution in [3.63, 3.8) is 0 Å². The molecule has 0 saturated heterocycles. The largest absolute Gasteiger partial charge is 0.481 e. The van der Waals surface area contributed by atoms with Crippen LogP contribution in [0, 0.1) is 11.3 Å². The molecule has 1 aliphatic rings. The Kier molecular flexibility index (Phi) is 5.91. The second-order valence-electron chi connectivity index (χ2n) is 6.67. The predicted octanol–water partition coefficient (Wildman–Crippen LogP) is 4.43. The van der Waals surface area contributed by atoms with Gasteiger partial charge in [0, 0.05) is 5.69 Å². The van der Waals surface area contributed by atoms with Crippen LogP contribution in [-0.4, -0.2) is 12.0 Å². The molecule has 0 heterocycles. The molecule has 3 rings (SSSR count). The molecule has 0 saturated carbocycles. The Hall–Kier alpha value is -2.80. The van der Waals surface area contributed by atoms with Gasteiger partial charge in [-0.15, -0.1) is 0 Å². The molecule has 134 valence electrons. The predicted molar refractivity (Wildman–Crippen MR) is 102 cm³/mol. The third-order valence-electron chi connectivity index (χ3n) is 4.77. The van der Waals surface area contributed by atoms with Gasteiger partial charge < -0.3 is 10.1 Å². The Morgan fingerprint density at radius 3 is 2.58 bits per heavy atom. The average molecular weight is 348 g/mol. The number of hydrogen-bond acceptors (Lipinski definition) is 3. The fourth-order valence-electron chi connectivity index (χ4n) is 3.29. The smallest absolute Gasteiger partial charge is 0.265 e. The summed E-state index contributed by atoms with van der Waals surface area (Å²) >= 11 is 0. The maximum atomic E-state index is 12.6. The topological polar surface area (TPSA) is 62.1 Å². The molecular formula is C22H24N2O2. The lowest BCUT2D eigenvalue weighted by molar-refractivity contribution is -0.122. The van der Waals surface area contributed by atoms with Crippen LogP contribution in [0.1, 0.15) is 42.9 Å². The zero-order valence-electron chi connectivity index (χ0n) is 15.1. The molecule has 1 atom stereocenters. The van der Waals surface area contributed by atoms with Crippen molar-refractivity contribution in [2.75, 3.05) is 5.32 Å². The number of ether oxygens (including phenoxy) is 1. The minimum atomic E-state index is -0.532. The second kappa shape index (κ2) is 8.53. The first-order valence-electron chi connectivity index (χ1n) is 9.25. The summed E-state index contributed by atoms with van der Waals surface area (Å²) < 4.78 is 5.97. The van der Waals surface area contributed by atoms with Crippen molar-refractivity contribution in [3.8, 4) is 11.8 Å². The number of amides is 1. The van der Waals surface area contributed by atoms with Crippen molar-refractivity contribution in [2.45, 2.75) is 51.6 Å². The van der Waals surface area contributed by atoms with E-state index in [1.807, 2.05) is 37.3 Å². The van der Waals surface area contributed by atoms with Gasteiger partial charge in [0.15, 0.2) is 6.10 Å². The fourth-order valence-corrected chi connectivity index (χ4v) is 3.29. The number of nitriles is 1. The highest BCUT2D eigenvalue weighted by Crippen LogP contribution is 2.26. The molecule has 4 heteroatoms. The molecule has 0 fully saturated rings. The van der Waals surface area contributed by atoms with E-state index >= 15 is 0 Å². The molecule has 2 aromatic rings. The number of aryl methyl sites for hydroxylation is 2. The molecule has 0 radical (unpaired) electrons. The van der Waals surface area contributed by atoms with E-state index in [0.29, 0.717) is 18.5 Å². The lowest BCUT2D eigenvalue weighted by Crippen LogP contribution is -2.32. The number of nitrogens with zero attached hydrogens (tertiary/aromatic N) is 1. The highest BCUT2D eigenvalue weighted by molar-refractivity contribution is 5.94. The lowest BCUT2D eigenvalue weighted by atomic mass is 9.92. The molecule has 2 aromatic carbocycles. The van der Waals surface area contributed by atoms with Crippen molar-refractivity contribution in [3.05, 3.63) is 59.2 Å². The van der Waals surface area contributed by atoms with Gasteiger partial charge in [-0.05, 0) is 73.1 Å². The SMILES string of the molecule is CC[C@H](Oc1ccc2c(c1)CCCC2)C(=O)Nc1ccc(CC#N)cc1. The van der Waals surface area contributed by atoms with Crippen LogP contribution < -0.4 is 10.1 Å². The molecule has 0 spiro atoms. The van der Waals surface area contributed by atoms with Gasteiger partial charge >= 0.3 is 0 Å². The highest BCUT2D eigenvalue weighted by atomic mass is 16.5. The van der Waals surface area contributed by atoms with E-state index in [9.17, 15) is 4.79 Å². The van der Waals surface area contributed by atoms with Crippen molar-refractivity contribution in [1.82, 2.24) is 0 Å². The zero-order valence-corrected chi connectivity index (χ0v) is 15.1. The van der Waals surface area contributed by atoms with E-state index in [1.165, 1.54) is 24.0 Å². The van der Waals surface area contributed by atoms with Crippen molar-refractivity contribution in [2.24, 2.45) is 0 Å². The number of fused-ring (bicyclic) bond motifs is 1. The van der Waals surface area contributed by atoms with Crippen LogP contribution >= 0.6 is 0 Å². The van der Waals surface area contributed by atoms with Gasteiger partial charge in [0.1, 0.15) is 5.75 Å². The van der Waals surface area contributed by atoms with Crippen LogP contribution in [0.5, 0.6) is 5.75 Å². The van der Waals surface area contributed by atoms with Crippen LogP contribution in [0.4, 0.5) is 5.69 Å². The molecule has 1 N–H and O–H groups in total. The first-order valence-corrected chi connectivity index (χ1v) is 9.25. The average Bonchev–Trinajstić information content (AvgIpc) is 2.67. The van der Waals surface area contributed by atoms with E-state index in [0.717, 1.165) is 24.2 Å². The summed E-state index contributed by atoms with van der Waals surface area (Å²) in [4.78, 5) is 12.6. The number of benzene rings is 2. The van der Waals surface area contributed by atoms with E-state index in [-0.39, 0.29) is 5.91 Å². The number of carbonyl (C=O) groups excluding carboxylic acids is 1. The third-order valence-corrected chi connectivity index (χ3v) is 4.77. The fraction of sp³-hybridized carbons (Fsp3) is 0.364. The normalized spacial score (nSPS) is 14.0. The Bertz CT molecular complexity index is 806. The van der Waals surface area contributed by atoms with Gasteiger partial charge in [-0.3, -0.25) is 4.79 Å². The molecule has 0 bridgehead atoms. The molecular weight excluding hydrogens is 324 g/mol. The van der Waals surface area contributed by atoms with Crippen LogP contribution in [0.2, 0.25) is 0 Å². The summed E-state index contributed by atoms with van der Waals surface area (Å²) in [6.45, 7) is 1.94. The summed E-state index contributed by atoms with van der Waals surface area (Å²) in [7, 11) is 0. The van der Waals surface area contributed by atoms with Gasteiger partial charge in [-0.2, -0.15) is 5.26 Å². The Balaban J connectivity index is 1.64. The maximum absolute atomic E-state index is 12.6. The number of nitrogens with one attached hydrogen (secondary N) is 1. The number of hydrogen-bond donors (Lipinski definition) is 1. The molecule has 0 aromatic heterocycles. The summed E-state index contributed by atoms with van der Waals surface area (Å²) in [5.74, 6) is 0.607. The number of carbonyl (C=O) groups is 1. The van der Waals surface area contributed by atoms with Gasteiger partial charge in [0.05, 0.1) is 12.5 Å². The summed E-state index contributed by atoms with van der Waals surface area (Å²) in [5.41, 5.74) is 4.39. The second-order valence-corrected chi connectivity index (χ2v) is 6.67. The third kappa shape index (κ3) is 4.43. The summed E-state index contributed by atoms with van der Waals surface area (Å²) in [5, 5.41) is 11.6. The highest BCUT2D eigenvalue weighted by Gasteiger charge is 2.19. The number of rotatable bonds is 6. The van der Waals surface area contributed by atoms with Crippen LogP contribution in [0.3, 0.4) is 0 Å². The van der Waals surface area contributed by atoms with Crippen molar-refractivity contribution < 1.29 is 9.53 Å². The first kappa shape index (κ1) is 18.0. The van der Waals surface area contributed by atoms with E-state index < -0.39 is 6.10 Å². The summed E-state index contributed by atoms with van der Waals surface area (Å²) in [6, 6.07) is 15.6. The van der Waals surface area contributed by atoms with Crippen molar-refractivity contribution >= 4 is 11.6 Å². The zero-order chi connectivity index (χ0) is 18.4. The van der Waals surface area contributed by atoms with E-state index in [2.05, 4.69) is 23.5 Å². The molecule has 1 aliphatic carbocycles. The quantitative estimate of drug-likeness (QED) is 0.840. The van der Waals surface area contributed by atoms with Gasteiger partial charge in [-0.25, -0.2) is 0 Å². The number of anilines is 1. The van der Waals surface area contributed by atoms with E-state index in [4.69, 9.17) is 10.00 Å². The van der Waals surface area contributed by atoms with E-state index in [1.54, 1.807) is 0 Å². The van der Waals surface area contributed by atoms with Crippen LogP contribution in [0.25, 0.3) is 0 Å². The van der Waals surface area contributed by atoms with Crippen molar-refractivity contribution in [1.29, 1.82) is 5.26 Å². The molecule has 1 amide bonds. The van der Waals surface area contributed by atoms with Crippen LogP contribution in [0.15, 0.2) is 42.5 Å². The molecule has 0 aliphatic heterocycles. The van der Waals surface area contributed by atoms with Gasteiger partial charge in [0.25, 0.3) is 5.91 Å². The first-order chi connectivity index (χ1) is 12.7. The molecule has 0 unspecified atom stereocenters. The van der Waals surface area contributed by atoms with Gasteiger partial charge in [-0.1, -0.05) is 25.1 Å². The Morgan fingerprint density at radius 2 is 1.88 bits per heavy atom. The Morgan fingerprint density at radius 1 is 1.15 bits per heavy atom. The van der Waals surface area contributed by atoms with Gasteiger partial charge in [0.2, 0.25) is 0 Å². The molecule has 26 heavy (non-hydrogen) atoms. The standard InChI is InChI=1S/C22H24N2O2/c1-2-21(22(25)24-19-10-7-16(8-11-19)13-14-23)26-20-12-9-17-5-3-4-6-18(17)15-20/h7-12,15,21H,2-6,13H2,1H3,(H,24,25)/t21-/m0/s1. The minimum absolute atomic E-state index is 0.154. The van der Waals surface area contributed by atoms with Crippen LogP contribution in [-0.2, 0) is 24.1 Å².